The van der Waals surface area contributed by atoms with Crippen molar-refractivity contribution in [2.45, 2.75) is 70.3 Å². The summed E-state index contributed by atoms with van der Waals surface area (Å²) in [4.78, 5) is 23.7. The zero-order chi connectivity index (χ0) is 15.3. The fourth-order valence-electron chi connectivity index (χ4n) is 3.74. The Bertz CT molecular complexity index is 376. The maximum atomic E-state index is 12.1. The molecule has 0 aliphatic heterocycles. The number of carbonyl (C=O) groups is 2. The molecular formula is C16H28N2O3. The monoisotopic (exact) mass is 296 g/mol. The van der Waals surface area contributed by atoms with Gasteiger partial charge in [0.2, 0.25) is 0 Å². The van der Waals surface area contributed by atoms with E-state index in [9.17, 15) is 14.7 Å². The van der Waals surface area contributed by atoms with Crippen LogP contribution in [0.5, 0.6) is 0 Å². The number of amides is 2. The van der Waals surface area contributed by atoms with Crippen molar-refractivity contribution in [1.82, 2.24) is 10.6 Å². The zero-order valence-electron chi connectivity index (χ0n) is 13.0. The largest absolute Gasteiger partial charge is 0.480 e. The van der Waals surface area contributed by atoms with Crippen LogP contribution in [0.15, 0.2) is 0 Å². The van der Waals surface area contributed by atoms with Crippen molar-refractivity contribution < 1.29 is 14.7 Å². The van der Waals surface area contributed by atoms with Crippen molar-refractivity contribution in [3.63, 3.8) is 0 Å². The minimum absolute atomic E-state index is 0.321. The number of carbonyl (C=O) groups excluding carboxylic acids is 1. The van der Waals surface area contributed by atoms with Gasteiger partial charge in [0.25, 0.3) is 0 Å². The van der Waals surface area contributed by atoms with Gasteiger partial charge in [0.1, 0.15) is 5.54 Å². The fourth-order valence-corrected chi connectivity index (χ4v) is 3.74. The van der Waals surface area contributed by atoms with Gasteiger partial charge in [-0.2, -0.15) is 0 Å². The van der Waals surface area contributed by atoms with Gasteiger partial charge in [0.15, 0.2) is 0 Å². The van der Waals surface area contributed by atoms with Crippen molar-refractivity contribution in [1.29, 1.82) is 0 Å². The van der Waals surface area contributed by atoms with Crippen LogP contribution in [0.25, 0.3) is 0 Å². The van der Waals surface area contributed by atoms with E-state index in [0.717, 1.165) is 32.1 Å². The molecule has 2 rings (SSSR count). The van der Waals surface area contributed by atoms with Crippen molar-refractivity contribution >= 4 is 12.0 Å². The van der Waals surface area contributed by atoms with E-state index in [1.165, 1.54) is 12.8 Å². The topological polar surface area (TPSA) is 78.4 Å². The van der Waals surface area contributed by atoms with Gasteiger partial charge in [0.05, 0.1) is 0 Å². The van der Waals surface area contributed by atoms with Crippen LogP contribution in [-0.2, 0) is 4.79 Å². The number of nitrogens with one attached hydrogen (secondary N) is 2. The number of hydrogen-bond acceptors (Lipinski definition) is 2. The van der Waals surface area contributed by atoms with E-state index in [1.54, 1.807) is 0 Å². The van der Waals surface area contributed by atoms with Gasteiger partial charge in [-0.3, -0.25) is 0 Å². The first-order chi connectivity index (χ1) is 10.0. The lowest BCUT2D eigenvalue weighted by molar-refractivity contribution is -0.145. The van der Waals surface area contributed by atoms with E-state index in [2.05, 4.69) is 17.6 Å². The lowest BCUT2D eigenvalue weighted by atomic mass is 9.90. The molecule has 2 aliphatic carbocycles. The molecule has 2 atom stereocenters. The van der Waals surface area contributed by atoms with Crippen LogP contribution < -0.4 is 10.6 Å². The van der Waals surface area contributed by atoms with Gasteiger partial charge in [0, 0.05) is 6.54 Å². The van der Waals surface area contributed by atoms with E-state index >= 15 is 0 Å². The third-order valence-corrected chi connectivity index (χ3v) is 5.28. The molecule has 3 N–H and O–H groups in total. The van der Waals surface area contributed by atoms with Gasteiger partial charge >= 0.3 is 12.0 Å². The highest BCUT2D eigenvalue weighted by Crippen LogP contribution is 2.30. The molecule has 0 aromatic carbocycles. The summed E-state index contributed by atoms with van der Waals surface area (Å²) in [7, 11) is 0. The summed E-state index contributed by atoms with van der Waals surface area (Å²) >= 11 is 0. The molecule has 120 valence electrons. The molecule has 0 aromatic heterocycles. The van der Waals surface area contributed by atoms with Crippen molar-refractivity contribution in [2.24, 2.45) is 11.8 Å². The zero-order valence-corrected chi connectivity index (χ0v) is 13.0. The van der Waals surface area contributed by atoms with Gasteiger partial charge in [-0.15, -0.1) is 0 Å². The van der Waals surface area contributed by atoms with Crippen molar-refractivity contribution in [2.75, 3.05) is 6.54 Å². The molecule has 21 heavy (non-hydrogen) atoms. The Morgan fingerprint density at radius 2 is 1.76 bits per heavy atom. The number of carboxylic acids is 1. The van der Waals surface area contributed by atoms with Crippen molar-refractivity contribution in [3.05, 3.63) is 0 Å². The Morgan fingerprint density at radius 1 is 1.10 bits per heavy atom. The predicted octanol–water partition coefficient (Wildman–Crippen LogP) is 2.90. The average Bonchev–Trinajstić information content (AvgIpc) is 2.70. The lowest BCUT2D eigenvalue weighted by Crippen LogP contribution is -2.57. The Labute approximate surface area is 126 Å². The van der Waals surface area contributed by atoms with E-state index in [1.807, 2.05) is 0 Å². The second-order valence-corrected chi connectivity index (χ2v) is 6.80. The van der Waals surface area contributed by atoms with Crippen LogP contribution in [0.2, 0.25) is 0 Å². The highest BCUT2D eigenvalue weighted by molar-refractivity contribution is 5.86. The molecule has 5 heteroatoms. The first kappa shape index (κ1) is 16.1. The molecule has 5 nitrogen and oxygen atoms in total. The van der Waals surface area contributed by atoms with Gasteiger partial charge < -0.3 is 15.7 Å². The summed E-state index contributed by atoms with van der Waals surface area (Å²) in [6.07, 6.45) is 8.53. The van der Waals surface area contributed by atoms with E-state index in [-0.39, 0.29) is 6.03 Å². The standard InChI is InChI=1S/C16H28N2O3/c1-12-7-6-8-13(12)11-17-15(21)18-16(14(19)20)9-4-2-3-5-10-16/h12-13H,2-11H2,1H3,(H,19,20)(H2,17,18,21). The molecule has 2 saturated carbocycles. The number of hydrogen-bond donors (Lipinski definition) is 3. The van der Waals surface area contributed by atoms with Crippen LogP contribution >= 0.6 is 0 Å². The number of rotatable bonds is 4. The summed E-state index contributed by atoms with van der Waals surface area (Å²) in [5.41, 5.74) is -1.07. The van der Waals surface area contributed by atoms with Crippen LogP contribution in [0.3, 0.4) is 0 Å². The minimum atomic E-state index is -1.07. The second kappa shape index (κ2) is 7.14. The third kappa shape index (κ3) is 4.11. The second-order valence-electron chi connectivity index (χ2n) is 6.80. The van der Waals surface area contributed by atoms with Crippen LogP contribution in [0.1, 0.15) is 64.7 Å². The number of carboxylic acid groups (broad SMARTS) is 1. The molecule has 2 unspecified atom stereocenters. The quantitative estimate of drug-likeness (QED) is 0.698. The smallest absolute Gasteiger partial charge is 0.329 e. The van der Waals surface area contributed by atoms with Crippen LogP contribution in [-0.4, -0.2) is 29.2 Å². The average molecular weight is 296 g/mol. The maximum absolute atomic E-state index is 12.1. The van der Waals surface area contributed by atoms with Crippen LogP contribution in [0.4, 0.5) is 4.79 Å². The molecule has 2 fully saturated rings. The Morgan fingerprint density at radius 3 is 2.29 bits per heavy atom. The highest BCUT2D eigenvalue weighted by Gasteiger charge is 2.40. The normalized spacial score (nSPS) is 28.6. The molecule has 0 bridgehead atoms. The lowest BCUT2D eigenvalue weighted by Gasteiger charge is -2.29. The van der Waals surface area contributed by atoms with Crippen molar-refractivity contribution in [3.8, 4) is 0 Å². The van der Waals surface area contributed by atoms with E-state index in [0.29, 0.717) is 31.2 Å². The number of aliphatic carboxylic acids is 1. The molecule has 2 aliphatic rings. The van der Waals surface area contributed by atoms with Gasteiger partial charge in [-0.05, 0) is 31.1 Å². The first-order valence-electron chi connectivity index (χ1n) is 8.33. The Balaban J connectivity index is 1.87. The summed E-state index contributed by atoms with van der Waals surface area (Å²) in [6.45, 7) is 2.88. The molecular weight excluding hydrogens is 268 g/mol. The SMILES string of the molecule is CC1CCCC1CNC(=O)NC1(C(=O)O)CCCCCC1. The fraction of sp³-hybridized carbons (Fsp3) is 0.875. The minimum Gasteiger partial charge on any atom is -0.480 e. The van der Waals surface area contributed by atoms with Crippen LogP contribution in [0, 0.1) is 11.8 Å². The number of urea groups is 1. The molecule has 0 radical (unpaired) electrons. The molecule has 0 spiro atoms. The summed E-state index contributed by atoms with van der Waals surface area (Å²) < 4.78 is 0. The molecule has 0 saturated heterocycles. The predicted molar refractivity (Wildman–Crippen MR) is 81.1 cm³/mol. The molecule has 0 aromatic rings. The third-order valence-electron chi connectivity index (χ3n) is 5.28. The summed E-state index contributed by atoms with van der Waals surface area (Å²) in [6, 6.07) is -0.321. The van der Waals surface area contributed by atoms with Gasteiger partial charge in [-0.25, -0.2) is 9.59 Å². The Hall–Kier alpha value is -1.26. The summed E-state index contributed by atoms with van der Waals surface area (Å²) in [5, 5.41) is 15.2. The van der Waals surface area contributed by atoms with Gasteiger partial charge in [-0.1, -0.05) is 45.4 Å². The highest BCUT2D eigenvalue weighted by atomic mass is 16.4. The summed E-state index contributed by atoms with van der Waals surface area (Å²) in [5.74, 6) is 0.288. The van der Waals surface area contributed by atoms with E-state index < -0.39 is 11.5 Å². The first-order valence-corrected chi connectivity index (χ1v) is 8.33. The molecule has 0 heterocycles. The molecule has 2 amide bonds. The maximum Gasteiger partial charge on any atom is 0.329 e. The Kier molecular flexibility index (Phi) is 5.48. The van der Waals surface area contributed by atoms with E-state index in [4.69, 9.17) is 0 Å².